The molecular formula is C13H21FN2. The van der Waals surface area contributed by atoms with Gasteiger partial charge in [-0.2, -0.15) is 0 Å². The monoisotopic (exact) mass is 224 g/mol. The van der Waals surface area contributed by atoms with Crippen LogP contribution in [-0.4, -0.2) is 32.1 Å². The van der Waals surface area contributed by atoms with Crippen LogP contribution in [0.4, 0.5) is 4.39 Å². The van der Waals surface area contributed by atoms with Gasteiger partial charge in [-0.3, -0.25) is 0 Å². The van der Waals surface area contributed by atoms with Crippen molar-refractivity contribution >= 4 is 0 Å². The summed E-state index contributed by atoms with van der Waals surface area (Å²) in [6, 6.07) is 6.96. The van der Waals surface area contributed by atoms with Crippen LogP contribution < -0.4 is 5.32 Å². The first-order valence-electron chi connectivity index (χ1n) is 5.73. The highest BCUT2D eigenvalue weighted by Gasteiger charge is 2.03. The number of hydrogen-bond donors (Lipinski definition) is 1. The molecule has 0 aliphatic carbocycles. The number of nitrogens with one attached hydrogen (secondary N) is 1. The van der Waals surface area contributed by atoms with E-state index in [1.165, 1.54) is 12.1 Å². The van der Waals surface area contributed by atoms with Crippen LogP contribution in [0, 0.1) is 5.82 Å². The molecule has 0 bridgehead atoms. The minimum Gasteiger partial charge on any atom is -0.310 e. The lowest BCUT2D eigenvalue weighted by Crippen LogP contribution is -2.23. The lowest BCUT2D eigenvalue weighted by atomic mass is 10.1. The van der Waals surface area contributed by atoms with E-state index in [9.17, 15) is 4.39 Å². The highest BCUT2D eigenvalue weighted by molar-refractivity contribution is 5.19. The lowest BCUT2D eigenvalue weighted by molar-refractivity contribution is 0.389. The minimum absolute atomic E-state index is 0.177. The summed E-state index contributed by atoms with van der Waals surface area (Å²) in [6.07, 6.45) is 1.12. The average Bonchev–Trinajstić information content (AvgIpc) is 2.25. The fraction of sp³-hybridized carbons (Fsp3) is 0.538. The van der Waals surface area contributed by atoms with E-state index in [0.717, 1.165) is 25.1 Å². The first-order chi connectivity index (χ1) is 7.59. The summed E-state index contributed by atoms with van der Waals surface area (Å²) in [5.41, 5.74) is 1.13. The van der Waals surface area contributed by atoms with Gasteiger partial charge in [0.1, 0.15) is 5.82 Å². The maximum atomic E-state index is 12.7. The van der Waals surface area contributed by atoms with Gasteiger partial charge in [0.05, 0.1) is 0 Å². The van der Waals surface area contributed by atoms with Gasteiger partial charge in [0.2, 0.25) is 0 Å². The second-order valence-electron chi connectivity index (χ2n) is 4.38. The van der Waals surface area contributed by atoms with E-state index in [0.29, 0.717) is 0 Å². The molecule has 2 nitrogen and oxygen atoms in total. The average molecular weight is 224 g/mol. The molecule has 0 heterocycles. The van der Waals surface area contributed by atoms with Crippen molar-refractivity contribution in [2.45, 2.75) is 19.4 Å². The highest BCUT2D eigenvalue weighted by Crippen LogP contribution is 2.12. The van der Waals surface area contributed by atoms with E-state index in [-0.39, 0.29) is 11.9 Å². The molecule has 0 aliphatic heterocycles. The zero-order valence-electron chi connectivity index (χ0n) is 10.3. The van der Waals surface area contributed by atoms with E-state index < -0.39 is 0 Å². The normalized spacial score (nSPS) is 13.1. The molecular weight excluding hydrogens is 203 g/mol. The van der Waals surface area contributed by atoms with Crippen LogP contribution in [0.25, 0.3) is 0 Å². The van der Waals surface area contributed by atoms with Crippen molar-refractivity contribution in [1.82, 2.24) is 10.2 Å². The molecule has 90 valence electrons. The Bertz CT molecular complexity index is 295. The van der Waals surface area contributed by atoms with Gasteiger partial charge >= 0.3 is 0 Å². The third-order valence-electron chi connectivity index (χ3n) is 2.60. The minimum atomic E-state index is -0.177. The van der Waals surface area contributed by atoms with Gasteiger partial charge < -0.3 is 10.2 Å². The smallest absolute Gasteiger partial charge is 0.123 e. The fourth-order valence-electron chi connectivity index (χ4n) is 1.58. The largest absolute Gasteiger partial charge is 0.310 e. The van der Waals surface area contributed by atoms with Crippen molar-refractivity contribution in [3.63, 3.8) is 0 Å². The summed E-state index contributed by atoms with van der Waals surface area (Å²) < 4.78 is 12.7. The SMILES string of the molecule is C[C@H](NCCCN(C)C)c1ccc(F)cc1. The summed E-state index contributed by atoms with van der Waals surface area (Å²) in [5.74, 6) is -0.177. The molecule has 0 amide bonds. The van der Waals surface area contributed by atoms with Crippen molar-refractivity contribution in [1.29, 1.82) is 0 Å². The molecule has 0 aliphatic rings. The zero-order chi connectivity index (χ0) is 12.0. The zero-order valence-corrected chi connectivity index (χ0v) is 10.3. The Morgan fingerprint density at radius 2 is 1.88 bits per heavy atom. The highest BCUT2D eigenvalue weighted by atomic mass is 19.1. The molecule has 16 heavy (non-hydrogen) atoms. The van der Waals surface area contributed by atoms with E-state index >= 15 is 0 Å². The van der Waals surface area contributed by atoms with Crippen LogP contribution in [0.15, 0.2) is 24.3 Å². The van der Waals surface area contributed by atoms with Gasteiger partial charge in [0.15, 0.2) is 0 Å². The van der Waals surface area contributed by atoms with Crippen molar-refractivity contribution in [2.24, 2.45) is 0 Å². The Morgan fingerprint density at radius 3 is 2.44 bits per heavy atom. The molecule has 0 unspecified atom stereocenters. The van der Waals surface area contributed by atoms with Gasteiger partial charge in [-0.15, -0.1) is 0 Å². The predicted octanol–water partition coefficient (Wildman–Crippen LogP) is 2.43. The molecule has 1 aromatic carbocycles. The Balaban J connectivity index is 2.29. The third-order valence-corrected chi connectivity index (χ3v) is 2.60. The number of halogens is 1. The first kappa shape index (κ1) is 13.1. The molecule has 1 aromatic rings. The molecule has 0 radical (unpaired) electrons. The van der Waals surface area contributed by atoms with E-state index in [1.807, 2.05) is 12.1 Å². The summed E-state index contributed by atoms with van der Waals surface area (Å²) in [4.78, 5) is 2.17. The number of hydrogen-bond acceptors (Lipinski definition) is 2. The molecule has 0 saturated carbocycles. The van der Waals surface area contributed by atoms with Gasteiger partial charge in [-0.1, -0.05) is 12.1 Å². The van der Waals surface area contributed by atoms with E-state index in [1.54, 1.807) is 0 Å². The standard InChI is InChI=1S/C13H21FN2/c1-11(15-9-4-10-16(2)3)12-5-7-13(14)8-6-12/h5-8,11,15H,4,9-10H2,1-3H3/t11-/m0/s1. The Morgan fingerprint density at radius 1 is 1.25 bits per heavy atom. The maximum Gasteiger partial charge on any atom is 0.123 e. The van der Waals surface area contributed by atoms with Crippen molar-refractivity contribution < 1.29 is 4.39 Å². The van der Waals surface area contributed by atoms with Gasteiger partial charge in [-0.05, 0) is 58.2 Å². The molecule has 1 N–H and O–H groups in total. The van der Waals surface area contributed by atoms with Crippen LogP contribution >= 0.6 is 0 Å². The van der Waals surface area contributed by atoms with Gasteiger partial charge in [-0.25, -0.2) is 4.39 Å². The van der Waals surface area contributed by atoms with Crippen molar-refractivity contribution in [3.05, 3.63) is 35.6 Å². The molecule has 0 spiro atoms. The predicted molar refractivity (Wildman–Crippen MR) is 66.0 cm³/mol. The Kier molecular flexibility index (Phi) is 5.43. The molecule has 0 fully saturated rings. The first-order valence-corrected chi connectivity index (χ1v) is 5.73. The number of nitrogens with zero attached hydrogens (tertiary/aromatic N) is 1. The number of benzene rings is 1. The molecule has 0 saturated heterocycles. The molecule has 3 heteroatoms. The van der Waals surface area contributed by atoms with Gasteiger partial charge in [0.25, 0.3) is 0 Å². The summed E-state index contributed by atoms with van der Waals surface area (Å²) >= 11 is 0. The van der Waals surface area contributed by atoms with E-state index in [2.05, 4.69) is 31.2 Å². The molecule has 0 aromatic heterocycles. The molecule has 1 rings (SSSR count). The van der Waals surface area contributed by atoms with Crippen LogP contribution in [0.5, 0.6) is 0 Å². The van der Waals surface area contributed by atoms with Crippen molar-refractivity contribution in [3.8, 4) is 0 Å². The summed E-state index contributed by atoms with van der Waals surface area (Å²) in [6.45, 7) is 4.17. The molecule has 1 atom stereocenters. The second kappa shape index (κ2) is 6.61. The summed E-state index contributed by atoms with van der Waals surface area (Å²) in [5, 5.41) is 3.42. The van der Waals surface area contributed by atoms with Gasteiger partial charge in [0, 0.05) is 6.04 Å². The Hall–Kier alpha value is -0.930. The summed E-state index contributed by atoms with van der Waals surface area (Å²) in [7, 11) is 4.15. The second-order valence-corrected chi connectivity index (χ2v) is 4.38. The Labute approximate surface area is 97.5 Å². The van der Waals surface area contributed by atoms with E-state index in [4.69, 9.17) is 0 Å². The number of rotatable bonds is 6. The van der Waals surface area contributed by atoms with Crippen molar-refractivity contribution in [2.75, 3.05) is 27.2 Å². The fourth-order valence-corrected chi connectivity index (χ4v) is 1.58. The quantitative estimate of drug-likeness (QED) is 0.747. The van der Waals surface area contributed by atoms with Crippen LogP contribution in [-0.2, 0) is 0 Å². The topological polar surface area (TPSA) is 15.3 Å². The lowest BCUT2D eigenvalue weighted by Gasteiger charge is -2.15. The van der Waals surface area contributed by atoms with Crippen LogP contribution in [0.1, 0.15) is 24.9 Å². The van der Waals surface area contributed by atoms with Crippen LogP contribution in [0.3, 0.4) is 0 Å². The maximum absolute atomic E-state index is 12.7. The van der Waals surface area contributed by atoms with Crippen LogP contribution in [0.2, 0.25) is 0 Å². The third kappa shape index (κ3) is 4.73.